The van der Waals surface area contributed by atoms with Crippen LogP contribution in [0, 0.1) is 12.7 Å². The first-order valence-electron chi connectivity index (χ1n) is 6.59. The Bertz CT molecular complexity index is 860. The van der Waals surface area contributed by atoms with Crippen LogP contribution in [0.3, 0.4) is 0 Å². The predicted molar refractivity (Wildman–Crippen MR) is 85.3 cm³/mol. The van der Waals surface area contributed by atoms with Gasteiger partial charge in [0.15, 0.2) is 5.13 Å². The van der Waals surface area contributed by atoms with Crippen molar-refractivity contribution in [1.82, 2.24) is 4.98 Å². The number of hydrogen-bond acceptors (Lipinski definition) is 4. The number of thiazole rings is 1. The van der Waals surface area contributed by atoms with E-state index in [-0.39, 0.29) is 5.56 Å². The normalized spacial score (nSPS) is 10.7. The van der Waals surface area contributed by atoms with Crippen LogP contribution in [-0.2, 0) is 0 Å². The first-order chi connectivity index (χ1) is 10.6. The summed E-state index contributed by atoms with van der Waals surface area (Å²) in [6.45, 7) is 2.00. The van der Waals surface area contributed by atoms with Crippen LogP contribution in [0.4, 0.5) is 9.52 Å². The van der Waals surface area contributed by atoms with Crippen molar-refractivity contribution >= 4 is 32.6 Å². The van der Waals surface area contributed by atoms with Crippen molar-refractivity contribution in [2.45, 2.75) is 6.92 Å². The minimum atomic E-state index is -0.495. The molecule has 112 valence electrons. The van der Waals surface area contributed by atoms with E-state index >= 15 is 0 Å². The van der Waals surface area contributed by atoms with Gasteiger partial charge < -0.3 is 4.74 Å². The third-order valence-corrected chi connectivity index (χ3v) is 4.10. The number of aromatic nitrogens is 1. The van der Waals surface area contributed by atoms with Crippen LogP contribution in [0.25, 0.3) is 10.2 Å². The number of methoxy groups -OCH3 is 1. The van der Waals surface area contributed by atoms with Crippen LogP contribution >= 0.6 is 11.3 Å². The number of ether oxygens (including phenoxy) is 1. The molecule has 0 bridgehead atoms. The highest BCUT2D eigenvalue weighted by Gasteiger charge is 2.15. The van der Waals surface area contributed by atoms with Crippen molar-refractivity contribution in [2.75, 3.05) is 12.4 Å². The summed E-state index contributed by atoms with van der Waals surface area (Å²) in [7, 11) is 1.44. The van der Waals surface area contributed by atoms with E-state index in [1.165, 1.54) is 30.6 Å². The van der Waals surface area contributed by atoms with Crippen molar-refractivity contribution in [2.24, 2.45) is 0 Å². The number of carbonyl (C=O) groups is 1. The lowest BCUT2D eigenvalue weighted by Gasteiger charge is -2.07. The second-order valence-corrected chi connectivity index (χ2v) is 5.82. The number of carbonyl (C=O) groups excluding carboxylic acids is 1. The van der Waals surface area contributed by atoms with Crippen LogP contribution in [-0.4, -0.2) is 18.0 Å². The number of hydrogen-bond donors (Lipinski definition) is 1. The van der Waals surface area contributed by atoms with E-state index in [0.717, 1.165) is 21.8 Å². The highest BCUT2D eigenvalue weighted by molar-refractivity contribution is 7.22. The number of rotatable bonds is 3. The zero-order valence-electron chi connectivity index (χ0n) is 12.0. The Hall–Kier alpha value is -2.47. The molecule has 1 amide bonds. The summed E-state index contributed by atoms with van der Waals surface area (Å²) >= 11 is 1.37. The standard InChI is InChI=1S/C16H13FN2O2S/c1-9-3-5-12-14(7-9)22-16(18-12)19-15(20)11-8-10(17)4-6-13(11)21-2/h3-8H,1-2H3,(H,18,19,20). The smallest absolute Gasteiger partial charge is 0.261 e. The molecule has 0 atom stereocenters. The maximum absolute atomic E-state index is 13.3. The minimum Gasteiger partial charge on any atom is -0.496 e. The molecule has 2 aromatic carbocycles. The highest BCUT2D eigenvalue weighted by Crippen LogP contribution is 2.28. The zero-order valence-corrected chi connectivity index (χ0v) is 12.8. The fourth-order valence-electron chi connectivity index (χ4n) is 2.11. The Balaban J connectivity index is 1.91. The van der Waals surface area contributed by atoms with E-state index in [0.29, 0.717) is 10.9 Å². The number of fused-ring (bicyclic) bond motifs is 1. The van der Waals surface area contributed by atoms with E-state index < -0.39 is 11.7 Å². The van der Waals surface area contributed by atoms with Crippen molar-refractivity contribution in [3.8, 4) is 5.75 Å². The van der Waals surface area contributed by atoms with E-state index in [4.69, 9.17) is 4.74 Å². The monoisotopic (exact) mass is 316 g/mol. The SMILES string of the molecule is COc1ccc(F)cc1C(=O)Nc1nc2ccc(C)cc2s1. The van der Waals surface area contributed by atoms with Gasteiger partial charge in [0.2, 0.25) is 0 Å². The van der Waals surface area contributed by atoms with Crippen molar-refractivity contribution in [1.29, 1.82) is 0 Å². The Labute approximate surface area is 130 Å². The van der Waals surface area contributed by atoms with Crippen LogP contribution in [0.15, 0.2) is 36.4 Å². The Morgan fingerprint density at radius 3 is 2.86 bits per heavy atom. The molecule has 0 radical (unpaired) electrons. The van der Waals surface area contributed by atoms with Gasteiger partial charge in [-0.2, -0.15) is 0 Å². The molecule has 1 N–H and O–H groups in total. The molecule has 3 rings (SSSR count). The average molecular weight is 316 g/mol. The van der Waals surface area contributed by atoms with Crippen molar-refractivity contribution in [3.63, 3.8) is 0 Å². The van der Waals surface area contributed by atoms with Crippen LogP contribution in [0.2, 0.25) is 0 Å². The number of anilines is 1. The van der Waals surface area contributed by atoms with Gasteiger partial charge in [0.05, 0.1) is 22.9 Å². The number of aryl methyl sites for hydroxylation is 1. The number of amides is 1. The van der Waals surface area contributed by atoms with Crippen molar-refractivity contribution < 1.29 is 13.9 Å². The fraction of sp³-hybridized carbons (Fsp3) is 0.125. The summed E-state index contributed by atoms with van der Waals surface area (Å²) in [6.07, 6.45) is 0. The van der Waals surface area contributed by atoms with E-state index in [1.54, 1.807) is 0 Å². The van der Waals surface area contributed by atoms with E-state index in [2.05, 4.69) is 10.3 Å². The molecule has 0 aliphatic carbocycles. The molecule has 0 saturated carbocycles. The molecule has 0 fully saturated rings. The van der Waals surface area contributed by atoms with Gasteiger partial charge in [-0.05, 0) is 42.8 Å². The maximum Gasteiger partial charge on any atom is 0.261 e. The van der Waals surface area contributed by atoms with Gasteiger partial charge in [-0.25, -0.2) is 9.37 Å². The lowest BCUT2D eigenvalue weighted by molar-refractivity contribution is 0.102. The minimum absolute atomic E-state index is 0.137. The molecule has 22 heavy (non-hydrogen) atoms. The van der Waals surface area contributed by atoms with Gasteiger partial charge in [-0.3, -0.25) is 10.1 Å². The molecule has 3 aromatic rings. The van der Waals surface area contributed by atoms with Gasteiger partial charge in [-0.1, -0.05) is 17.4 Å². The zero-order chi connectivity index (χ0) is 15.7. The second kappa shape index (κ2) is 5.73. The van der Waals surface area contributed by atoms with Crippen LogP contribution in [0.1, 0.15) is 15.9 Å². The molecule has 0 spiro atoms. The topological polar surface area (TPSA) is 51.2 Å². The number of nitrogens with zero attached hydrogens (tertiary/aromatic N) is 1. The quantitative estimate of drug-likeness (QED) is 0.794. The molecule has 0 aliphatic rings. The average Bonchev–Trinajstić information content (AvgIpc) is 2.88. The van der Waals surface area contributed by atoms with Gasteiger partial charge >= 0.3 is 0 Å². The van der Waals surface area contributed by atoms with Gasteiger partial charge in [0.25, 0.3) is 5.91 Å². The van der Waals surface area contributed by atoms with Gasteiger partial charge in [0.1, 0.15) is 11.6 Å². The molecule has 1 heterocycles. The van der Waals surface area contributed by atoms with Gasteiger partial charge in [0, 0.05) is 0 Å². The molecule has 4 nitrogen and oxygen atoms in total. The first kappa shape index (κ1) is 14.5. The van der Waals surface area contributed by atoms with E-state index in [1.807, 2.05) is 25.1 Å². The molecule has 0 aliphatic heterocycles. The first-order valence-corrected chi connectivity index (χ1v) is 7.40. The third kappa shape index (κ3) is 2.78. The highest BCUT2D eigenvalue weighted by atomic mass is 32.1. The molecule has 0 unspecified atom stereocenters. The Kier molecular flexibility index (Phi) is 3.77. The number of halogens is 1. The number of nitrogens with one attached hydrogen (secondary N) is 1. The summed E-state index contributed by atoms with van der Waals surface area (Å²) in [5.74, 6) is -0.631. The lowest BCUT2D eigenvalue weighted by Crippen LogP contribution is -2.13. The lowest BCUT2D eigenvalue weighted by atomic mass is 10.2. The third-order valence-electron chi connectivity index (χ3n) is 3.17. The molecular formula is C16H13FN2O2S. The fourth-order valence-corrected chi connectivity index (χ4v) is 3.07. The predicted octanol–water partition coefficient (Wildman–Crippen LogP) is 4.00. The summed E-state index contributed by atoms with van der Waals surface area (Å²) in [4.78, 5) is 16.6. The van der Waals surface area contributed by atoms with E-state index in [9.17, 15) is 9.18 Å². The Morgan fingerprint density at radius 2 is 2.09 bits per heavy atom. The second-order valence-electron chi connectivity index (χ2n) is 4.79. The summed E-state index contributed by atoms with van der Waals surface area (Å²) in [6, 6.07) is 9.68. The molecule has 6 heteroatoms. The molecule has 1 aromatic heterocycles. The van der Waals surface area contributed by atoms with Crippen LogP contribution < -0.4 is 10.1 Å². The van der Waals surface area contributed by atoms with Crippen LogP contribution in [0.5, 0.6) is 5.75 Å². The summed E-state index contributed by atoms with van der Waals surface area (Å²) in [5.41, 5.74) is 2.08. The maximum atomic E-state index is 13.3. The summed E-state index contributed by atoms with van der Waals surface area (Å²) < 4.78 is 19.4. The number of benzene rings is 2. The Morgan fingerprint density at radius 1 is 1.27 bits per heavy atom. The molecule has 0 saturated heterocycles. The van der Waals surface area contributed by atoms with Crippen molar-refractivity contribution in [3.05, 3.63) is 53.3 Å². The van der Waals surface area contributed by atoms with Gasteiger partial charge in [-0.15, -0.1) is 0 Å². The molecular weight excluding hydrogens is 303 g/mol. The summed E-state index contributed by atoms with van der Waals surface area (Å²) in [5, 5.41) is 3.16. The largest absolute Gasteiger partial charge is 0.496 e.